The van der Waals surface area contributed by atoms with Gasteiger partial charge in [0.15, 0.2) is 0 Å². The highest BCUT2D eigenvalue weighted by Gasteiger charge is 2.26. The number of halogens is 2. The molecule has 0 aliphatic carbocycles. The van der Waals surface area contributed by atoms with Crippen molar-refractivity contribution in [1.82, 2.24) is 10.2 Å². The van der Waals surface area contributed by atoms with Gasteiger partial charge in [-0.15, -0.1) is 0 Å². The third-order valence-electron chi connectivity index (χ3n) is 5.42. The molecule has 0 saturated carbocycles. The molecule has 186 valence electrons. The van der Waals surface area contributed by atoms with Gasteiger partial charge in [-0.3, -0.25) is 13.9 Å². The van der Waals surface area contributed by atoms with Gasteiger partial charge in [-0.1, -0.05) is 35.3 Å². The van der Waals surface area contributed by atoms with Gasteiger partial charge in [-0.2, -0.15) is 0 Å². The molecule has 0 spiro atoms. The molecule has 0 aliphatic rings. The Bertz CT molecular complexity index is 1130. The monoisotopic (exact) mass is 527 g/mol. The Hall–Kier alpha value is -2.29. The van der Waals surface area contributed by atoms with E-state index in [4.69, 9.17) is 23.2 Å². The predicted molar refractivity (Wildman–Crippen MR) is 138 cm³/mol. The summed E-state index contributed by atoms with van der Waals surface area (Å²) in [4.78, 5) is 26.9. The highest BCUT2D eigenvalue weighted by atomic mass is 35.5. The maximum absolute atomic E-state index is 13.2. The van der Waals surface area contributed by atoms with Gasteiger partial charge in [0.1, 0.15) is 6.04 Å². The Morgan fingerprint density at radius 2 is 1.68 bits per heavy atom. The minimum Gasteiger partial charge on any atom is -0.357 e. The van der Waals surface area contributed by atoms with Crippen LogP contribution in [0.5, 0.6) is 0 Å². The van der Waals surface area contributed by atoms with Crippen LogP contribution in [-0.2, 0) is 26.2 Å². The molecule has 0 bridgehead atoms. The number of nitrogens with one attached hydrogen (secondary N) is 1. The maximum Gasteiger partial charge on any atom is 0.242 e. The average Bonchev–Trinajstić information content (AvgIpc) is 2.73. The molecular formula is C24H31Cl2N3O4S. The number of sulfonamides is 1. The van der Waals surface area contributed by atoms with Crippen molar-refractivity contribution in [3.8, 4) is 0 Å². The van der Waals surface area contributed by atoms with E-state index in [1.807, 2.05) is 19.9 Å². The average molecular weight is 529 g/mol. The number of carbonyl (C=O) groups excluding carboxylic acids is 2. The van der Waals surface area contributed by atoms with E-state index in [1.54, 1.807) is 37.3 Å². The van der Waals surface area contributed by atoms with E-state index in [0.29, 0.717) is 21.3 Å². The van der Waals surface area contributed by atoms with E-state index in [-0.39, 0.29) is 37.7 Å². The molecule has 1 N–H and O–H groups in total. The van der Waals surface area contributed by atoms with Crippen LogP contribution in [0, 0.1) is 13.8 Å². The van der Waals surface area contributed by atoms with Gasteiger partial charge in [0.05, 0.1) is 11.9 Å². The zero-order valence-corrected chi connectivity index (χ0v) is 22.4. The van der Waals surface area contributed by atoms with Crippen LogP contribution in [-0.4, -0.2) is 51.0 Å². The van der Waals surface area contributed by atoms with Crippen molar-refractivity contribution >= 4 is 50.7 Å². The zero-order chi connectivity index (χ0) is 25.6. The Balaban J connectivity index is 2.20. The van der Waals surface area contributed by atoms with Gasteiger partial charge >= 0.3 is 0 Å². The fraction of sp³-hybridized carbons (Fsp3) is 0.417. The number of rotatable bonds is 10. The second-order valence-corrected chi connectivity index (χ2v) is 11.1. The first-order valence-corrected chi connectivity index (χ1v) is 13.4. The molecule has 0 radical (unpaired) electrons. The normalized spacial score (nSPS) is 12.2. The van der Waals surface area contributed by atoms with E-state index < -0.39 is 16.1 Å². The standard InChI is InChI=1S/C24H31Cl2N3O4S/c1-16-11-17(2)13-21(12-16)29(34(5,32)33)10-6-7-23(30)28(18(3)24(31)27-4)15-19-8-9-20(25)14-22(19)26/h8-9,11-14,18H,6-7,10,15H2,1-5H3,(H,27,31). The van der Waals surface area contributed by atoms with Crippen molar-refractivity contribution in [1.29, 1.82) is 0 Å². The number of amides is 2. The fourth-order valence-electron chi connectivity index (χ4n) is 3.72. The van der Waals surface area contributed by atoms with Gasteiger partial charge in [0.2, 0.25) is 21.8 Å². The highest BCUT2D eigenvalue weighted by Crippen LogP contribution is 2.25. The summed E-state index contributed by atoms with van der Waals surface area (Å²) in [6, 6.07) is 9.80. The van der Waals surface area contributed by atoms with E-state index in [0.717, 1.165) is 17.4 Å². The van der Waals surface area contributed by atoms with Crippen molar-refractivity contribution < 1.29 is 18.0 Å². The number of benzene rings is 2. The number of hydrogen-bond donors (Lipinski definition) is 1. The Morgan fingerprint density at radius 1 is 1.06 bits per heavy atom. The van der Waals surface area contributed by atoms with Crippen LogP contribution >= 0.6 is 23.2 Å². The molecule has 1 unspecified atom stereocenters. The summed E-state index contributed by atoms with van der Waals surface area (Å²) in [5.74, 6) is -0.595. The lowest BCUT2D eigenvalue weighted by atomic mass is 10.1. The molecule has 0 heterocycles. The first-order chi connectivity index (χ1) is 15.8. The highest BCUT2D eigenvalue weighted by molar-refractivity contribution is 7.92. The quantitative estimate of drug-likeness (QED) is 0.498. The van der Waals surface area contributed by atoms with Crippen molar-refractivity contribution in [2.75, 3.05) is 24.2 Å². The van der Waals surface area contributed by atoms with Crippen LogP contribution < -0.4 is 9.62 Å². The lowest BCUT2D eigenvalue weighted by Crippen LogP contribution is -2.46. The number of nitrogens with zero attached hydrogens (tertiary/aromatic N) is 2. The molecule has 10 heteroatoms. The minimum atomic E-state index is -3.55. The second kappa shape index (κ2) is 11.9. The molecule has 0 aliphatic heterocycles. The first-order valence-electron chi connectivity index (χ1n) is 10.8. The van der Waals surface area contributed by atoms with E-state index in [9.17, 15) is 18.0 Å². The fourth-order valence-corrected chi connectivity index (χ4v) is 5.14. The Morgan fingerprint density at radius 3 is 2.21 bits per heavy atom. The summed E-state index contributed by atoms with van der Waals surface area (Å²) < 4.78 is 26.2. The predicted octanol–water partition coefficient (Wildman–Crippen LogP) is 4.32. The van der Waals surface area contributed by atoms with E-state index >= 15 is 0 Å². The molecular weight excluding hydrogens is 497 g/mol. The van der Waals surface area contributed by atoms with Crippen molar-refractivity contribution in [3.05, 3.63) is 63.1 Å². The number of likely N-dealkylation sites (N-methyl/N-ethyl adjacent to an activating group) is 1. The van der Waals surface area contributed by atoms with Gasteiger partial charge < -0.3 is 10.2 Å². The van der Waals surface area contributed by atoms with Crippen molar-refractivity contribution in [2.45, 2.75) is 46.2 Å². The molecule has 34 heavy (non-hydrogen) atoms. The van der Waals surface area contributed by atoms with Crippen LogP contribution in [0.3, 0.4) is 0 Å². The number of anilines is 1. The van der Waals surface area contributed by atoms with Crippen molar-refractivity contribution in [2.24, 2.45) is 0 Å². The summed E-state index contributed by atoms with van der Waals surface area (Å²) in [5, 5.41) is 3.43. The minimum absolute atomic E-state index is 0.0589. The first kappa shape index (κ1) is 28.0. The molecule has 0 fully saturated rings. The number of carbonyl (C=O) groups is 2. The third kappa shape index (κ3) is 7.61. The molecule has 2 amide bonds. The zero-order valence-electron chi connectivity index (χ0n) is 20.1. The summed E-state index contributed by atoms with van der Waals surface area (Å²) >= 11 is 12.3. The molecule has 1 atom stereocenters. The Kier molecular flexibility index (Phi) is 9.79. The lowest BCUT2D eigenvalue weighted by Gasteiger charge is -2.29. The second-order valence-electron chi connectivity index (χ2n) is 8.33. The van der Waals surface area contributed by atoms with Crippen LogP contribution in [0.2, 0.25) is 10.0 Å². The van der Waals surface area contributed by atoms with Crippen molar-refractivity contribution in [3.63, 3.8) is 0 Å². The lowest BCUT2D eigenvalue weighted by molar-refractivity contribution is -0.140. The molecule has 7 nitrogen and oxygen atoms in total. The summed E-state index contributed by atoms with van der Waals surface area (Å²) in [7, 11) is -2.04. The SMILES string of the molecule is CNC(=O)C(C)N(Cc1ccc(Cl)cc1Cl)C(=O)CCCN(c1cc(C)cc(C)c1)S(C)(=O)=O. The van der Waals surface area contributed by atoms with E-state index in [2.05, 4.69) is 5.32 Å². The van der Waals surface area contributed by atoms with Gasteiger partial charge in [0.25, 0.3) is 0 Å². The van der Waals surface area contributed by atoms with Crippen LogP contribution in [0.25, 0.3) is 0 Å². The van der Waals surface area contributed by atoms with Gasteiger partial charge in [-0.05, 0) is 68.1 Å². The smallest absolute Gasteiger partial charge is 0.242 e. The van der Waals surface area contributed by atoms with Gasteiger partial charge in [-0.25, -0.2) is 8.42 Å². The van der Waals surface area contributed by atoms with Crippen LogP contribution in [0.4, 0.5) is 5.69 Å². The maximum atomic E-state index is 13.2. The Labute approximate surface area is 212 Å². The molecule has 2 aromatic carbocycles. The summed E-state index contributed by atoms with van der Waals surface area (Å²) in [6.45, 7) is 5.70. The van der Waals surface area contributed by atoms with Crippen LogP contribution in [0.1, 0.15) is 36.5 Å². The number of hydrogen-bond acceptors (Lipinski definition) is 4. The van der Waals surface area contributed by atoms with E-state index in [1.165, 1.54) is 16.3 Å². The molecule has 2 aromatic rings. The summed E-state index contributed by atoms with van der Waals surface area (Å²) in [6.07, 6.45) is 1.49. The topological polar surface area (TPSA) is 86.8 Å². The molecule has 0 saturated heterocycles. The van der Waals surface area contributed by atoms with Gasteiger partial charge in [0, 0.05) is 36.6 Å². The third-order valence-corrected chi connectivity index (χ3v) is 7.20. The molecule has 0 aromatic heterocycles. The van der Waals surface area contributed by atoms with Crippen LogP contribution in [0.15, 0.2) is 36.4 Å². The number of aryl methyl sites for hydroxylation is 2. The molecule has 2 rings (SSSR count). The largest absolute Gasteiger partial charge is 0.357 e. The summed E-state index contributed by atoms with van der Waals surface area (Å²) in [5.41, 5.74) is 3.12.